The molecular weight excluding hydrogens is 236 g/mol. The van der Waals surface area contributed by atoms with Crippen LogP contribution in [0.15, 0.2) is 0 Å². The highest BCUT2D eigenvalue weighted by molar-refractivity contribution is 7.91. The van der Waals surface area contributed by atoms with Gasteiger partial charge in [0.05, 0.1) is 11.5 Å². The van der Waals surface area contributed by atoms with E-state index in [-0.39, 0.29) is 6.04 Å². The van der Waals surface area contributed by atoms with Crippen LogP contribution in [0, 0.1) is 11.8 Å². The lowest BCUT2D eigenvalue weighted by Gasteiger charge is -2.24. The second kappa shape index (κ2) is 6.71. The van der Waals surface area contributed by atoms with Crippen LogP contribution in [0.5, 0.6) is 0 Å². The van der Waals surface area contributed by atoms with Crippen molar-refractivity contribution in [2.75, 3.05) is 31.1 Å². The van der Waals surface area contributed by atoms with Gasteiger partial charge in [-0.25, -0.2) is 8.42 Å². The predicted octanol–water partition coefficient (Wildman–Crippen LogP) is 0.645. The molecule has 1 rings (SSSR count). The van der Waals surface area contributed by atoms with Gasteiger partial charge in [-0.1, -0.05) is 20.8 Å². The molecule has 1 aliphatic rings. The van der Waals surface area contributed by atoms with Gasteiger partial charge >= 0.3 is 0 Å². The molecule has 0 bridgehead atoms. The van der Waals surface area contributed by atoms with E-state index in [1.165, 1.54) is 0 Å². The molecular formula is C12H26N2O2S. The Hall–Kier alpha value is -0.130. The monoisotopic (exact) mass is 262 g/mol. The van der Waals surface area contributed by atoms with Gasteiger partial charge in [0.15, 0.2) is 9.84 Å². The number of nitrogens with one attached hydrogen (secondary N) is 2. The molecule has 0 spiro atoms. The topological polar surface area (TPSA) is 58.2 Å². The molecule has 0 aromatic carbocycles. The first kappa shape index (κ1) is 14.9. The second-order valence-corrected chi connectivity index (χ2v) is 7.71. The summed E-state index contributed by atoms with van der Waals surface area (Å²) in [6.45, 7) is 9.20. The summed E-state index contributed by atoms with van der Waals surface area (Å²) in [5.74, 6) is 1.95. The van der Waals surface area contributed by atoms with E-state index in [4.69, 9.17) is 0 Å². The number of rotatable bonds is 6. The van der Waals surface area contributed by atoms with Gasteiger partial charge in [0.25, 0.3) is 0 Å². The largest absolute Gasteiger partial charge is 0.316 e. The number of sulfone groups is 1. The third kappa shape index (κ3) is 5.84. The van der Waals surface area contributed by atoms with E-state index in [0.717, 1.165) is 19.5 Å². The molecule has 4 nitrogen and oxygen atoms in total. The summed E-state index contributed by atoms with van der Waals surface area (Å²) in [5, 5.41) is 6.67. The number of hydrogen-bond donors (Lipinski definition) is 2. The quantitative estimate of drug-likeness (QED) is 0.690. The average molecular weight is 262 g/mol. The van der Waals surface area contributed by atoms with Gasteiger partial charge in [-0.05, 0) is 31.3 Å². The van der Waals surface area contributed by atoms with Gasteiger partial charge in [0.2, 0.25) is 0 Å². The Morgan fingerprint density at radius 3 is 2.65 bits per heavy atom. The lowest BCUT2D eigenvalue weighted by molar-refractivity contribution is 0.384. The van der Waals surface area contributed by atoms with Crippen LogP contribution >= 0.6 is 0 Å². The van der Waals surface area contributed by atoms with Crippen molar-refractivity contribution < 1.29 is 8.42 Å². The van der Waals surface area contributed by atoms with Crippen molar-refractivity contribution in [1.82, 2.24) is 10.6 Å². The first-order valence-corrected chi connectivity index (χ1v) is 8.37. The molecule has 102 valence electrons. The summed E-state index contributed by atoms with van der Waals surface area (Å²) < 4.78 is 22.9. The van der Waals surface area contributed by atoms with Gasteiger partial charge in [0, 0.05) is 12.6 Å². The third-order valence-electron chi connectivity index (χ3n) is 3.58. The molecule has 5 heteroatoms. The molecule has 0 aromatic heterocycles. The molecule has 0 amide bonds. The Kier molecular flexibility index (Phi) is 5.89. The highest BCUT2D eigenvalue weighted by atomic mass is 32.2. The standard InChI is InChI=1S/C12H26N2O2S/c1-10(2)11(3)8-13-5-4-12-9-17(15,16)7-6-14-12/h10-14H,4-9H2,1-3H3. The van der Waals surface area contributed by atoms with Crippen molar-refractivity contribution in [2.24, 2.45) is 11.8 Å². The van der Waals surface area contributed by atoms with Gasteiger partial charge < -0.3 is 10.6 Å². The smallest absolute Gasteiger partial charge is 0.153 e. The van der Waals surface area contributed by atoms with E-state index in [0.29, 0.717) is 29.9 Å². The normalized spacial score (nSPS) is 26.0. The molecule has 1 aliphatic heterocycles. The third-order valence-corrected chi connectivity index (χ3v) is 5.31. The van der Waals surface area contributed by atoms with Gasteiger partial charge in [-0.15, -0.1) is 0 Å². The van der Waals surface area contributed by atoms with Crippen molar-refractivity contribution in [2.45, 2.75) is 33.2 Å². The Morgan fingerprint density at radius 2 is 2.06 bits per heavy atom. The zero-order valence-corrected chi connectivity index (χ0v) is 12.0. The lowest BCUT2D eigenvalue weighted by atomic mass is 9.98. The van der Waals surface area contributed by atoms with Crippen molar-refractivity contribution in [3.05, 3.63) is 0 Å². The summed E-state index contributed by atoms with van der Waals surface area (Å²) in [6.07, 6.45) is 0.893. The van der Waals surface area contributed by atoms with E-state index >= 15 is 0 Å². The maximum absolute atomic E-state index is 11.4. The SMILES string of the molecule is CC(C)C(C)CNCCC1CS(=O)(=O)CCN1. The van der Waals surface area contributed by atoms with E-state index in [9.17, 15) is 8.42 Å². The lowest BCUT2D eigenvalue weighted by Crippen LogP contribution is -2.46. The van der Waals surface area contributed by atoms with Gasteiger partial charge in [-0.2, -0.15) is 0 Å². The van der Waals surface area contributed by atoms with E-state index in [1.54, 1.807) is 0 Å². The van der Waals surface area contributed by atoms with Gasteiger partial charge in [-0.3, -0.25) is 0 Å². The van der Waals surface area contributed by atoms with Crippen LogP contribution in [0.1, 0.15) is 27.2 Å². The van der Waals surface area contributed by atoms with Crippen LogP contribution in [0.25, 0.3) is 0 Å². The Labute approximate surface area is 105 Å². The average Bonchev–Trinajstić information content (AvgIpc) is 2.22. The Morgan fingerprint density at radius 1 is 1.35 bits per heavy atom. The first-order valence-electron chi connectivity index (χ1n) is 6.55. The Balaban J connectivity index is 2.15. The second-order valence-electron chi connectivity index (χ2n) is 5.48. The summed E-state index contributed by atoms with van der Waals surface area (Å²) in [6, 6.07) is 0.135. The Bertz CT molecular complexity index is 314. The maximum Gasteiger partial charge on any atom is 0.153 e. The zero-order chi connectivity index (χ0) is 12.9. The molecule has 17 heavy (non-hydrogen) atoms. The highest BCUT2D eigenvalue weighted by Crippen LogP contribution is 2.08. The molecule has 1 saturated heterocycles. The van der Waals surface area contributed by atoms with Crippen molar-refractivity contribution >= 4 is 9.84 Å². The summed E-state index contributed by atoms with van der Waals surface area (Å²) >= 11 is 0. The molecule has 2 atom stereocenters. The minimum Gasteiger partial charge on any atom is -0.316 e. The fourth-order valence-corrected chi connectivity index (χ4v) is 3.39. The fraction of sp³-hybridized carbons (Fsp3) is 1.00. The van der Waals surface area contributed by atoms with E-state index in [1.807, 2.05) is 0 Å². The summed E-state index contributed by atoms with van der Waals surface area (Å²) in [4.78, 5) is 0. The molecule has 0 aliphatic carbocycles. The molecule has 2 unspecified atom stereocenters. The maximum atomic E-state index is 11.4. The summed E-state index contributed by atoms with van der Waals surface area (Å²) in [7, 11) is -2.79. The highest BCUT2D eigenvalue weighted by Gasteiger charge is 2.23. The molecule has 0 radical (unpaired) electrons. The van der Waals surface area contributed by atoms with E-state index in [2.05, 4.69) is 31.4 Å². The van der Waals surface area contributed by atoms with Crippen LogP contribution in [-0.4, -0.2) is 45.6 Å². The van der Waals surface area contributed by atoms with Crippen molar-refractivity contribution in [3.8, 4) is 0 Å². The minimum atomic E-state index is -2.79. The van der Waals surface area contributed by atoms with Crippen LogP contribution in [0.3, 0.4) is 0 Å². The zero-order valence-electron chi connectivity index (χ0n) is 11.2. The van der Waals surface area contributed by atoms with Crippen LogP contribution in [0.2, 0.25) is 0 Å². The number of hydrogen-bond acceptors (Lipinski definition) is 4. The minimum absolute atomic E-state index is 0.135. The molecule has 1 heterocycles. The van der Waals surface area contributed by atoms with E-state index < -0.39 is 9.84 Å². The van der Waals surface area contributed by atoms with Crippen LogP contribution < -0.4 is 10.6 Å². The van der Waals surface area contributed by atoms with Crippen LogP contribution in [0.4, 0.5) is 0 Å². The first-order chi connectivity index (χ1) is 7.91. The van der Waals surface area contributed by atoms with Crippen molar-refractivity contribution in [1.29, 1.82) is 0 Å². The van der Waals surface area contributed by atoms with Gasteiger partial charge in [0.1, 0.15) is 0 Å². The predicted molar refractivity (Wildman–Crippen MR) is 71.9 cm³/mol. The van der Waals surface area contributed by atoms with Crippen LogP contribution in [-0.2, 0) is 9.84 Å². The molecule has 0 saturated carbocycles. The summed E-state index contributed by atoms with van der Waals surface area (Å²) in [5.41, 5.74) is 0. The fourth-order valence-electron chi connectivity index (χ4n) is 1.89. The molecule has 0 aromatic rings. The molecule has 1 fully saturated rings. The van der Waals surface area contributed by atoms with Crippen molar-refractivity contribution in [3.63, 3.8) is 0 Å². The molecule has 2 N–H and O–H groups in total.